The molecular weight excluding hydrogens is 583 g/mol. The topological polar surface area (TPSA) is 38.7 Å². The number of hydrogen-bond donors (Lipinski definition) is 0. The van der Waals surface area contributed by atoms with Gasteiger partial charge in [-0.3, -0.25) is 0 Å². The molecule has 48 heavy (non-hydrogen) atoms. The van der Waals surface area contributed by atoms with Gasteiger partial charge in [0.2, 0.25) is 0 Å². The molecule has 0 bridgehead atoms. The summed E-state index contributed by atoms with van der Waals surface area (Å²) in [4.78, 5) is 14.9. The Morgan fingerprint density at radius 2 is 0.562 bits per heavy atom. The molecule has 0 aliphatic rings. The van der Waals surface area contributed by atoms with Crippen molar-refractivity contribution in [3.05, 3.63) is 176 Å². The Morgan fingerprint density at radius 3 is 1.17 bits per heavy atom. The highest BCUT2D eigenvalue weighted by Crippen LogP contribution is 2.37. The molecule has 1 aromatic heterocycles. The molecule has 0 N–H and O–H groups in total. The van der Waals surface area contributed by atoms with Crippen LogP contribution >= 0.6 is 0 Å². The first-order chi connectivity index (χ1) is 23.8. The molecule has 9 aromatic rings. The van der Waals surface area contributed by atoms with Crippen molar-refractivity contribution in [1.29, 1.82) is 0 Å². The van der Waals surface area contributed by atoms with Crippen LogP contribution in [0.25, 0.3) is 88.7 Å². The van der Waals surface area contributed by atoms with Crippen molar-refractivity contribution in [2.24, 2.45) is 0 Å². The van der Waals surface area contributed by atoms with E-state index in [2.05, 4.69) is 140 Å². The lowest BCUT2D eigenvalue weighted by Gasteiger charge is -2.12. The zero-order valence-corrected chi connectivity index (χ0v) is 26.1. The third kappa shape index (κ3) is 4.99. The quantitative estimate of drug-likeness (QED) is 0.182. The summed E-state index contributed by atoms with van der Waals surface area (Å²) in [6.07, 6.45) is 0. The molecule has 1 heterocycles. The molecule has 8 aromatic carbocycles. The zero-order valence-electron chi connectivity index (χ0n) is 26.1. The molecule has 3 nitrogen and oxygen atoms in total. The highest BCUT2D eigenvalue weighted by molar-refractivity contribution is 6.25. The first-order valence-electron chi connectivity index (χ1n) is 16.2. The second-order valence-electron chi connectivity index (χ2n) is 12.0. The van der Waals surface area contributed by atoms with Gasteiger partial charge in [-0.05, 0) is 66.7 Å². The molecule has 224 valence electrons. The van der Waals surface area contributed by atoms with E-state index in [1.54, 1.807) is 0 Å². The average molecular weight is 612 g/mol. The molecule has 0 unspecified atom stereocenters. The second-order valence-corrected chi connectivity index (χ2v) is 12.0. The van der Waals surface area contributed by atoms with Crippen molar-refractivity contribution in [2.45, 2.75) is 0 Å². The first-order valence-corrected chi connectivity index (χ1v) is 16.2. The van der Waals surface area contributed by atoms with Crippen LogP contribution in [0.15, 0.2) is 176 Å². The van der Waals surface area contributed by atoms with Gasteiger partial charge in [-0.15, -0.1) is 0 Å². The largest absolute Gasteiger partial charge is 0.208 e. The highest BCUT2D eigenvalue weighted by Gasteiger charge is 2.14. The summed E-state index contributed by atoms with van der Waals surface area (Å²) in [5.41, 5.74) is 7.44. The summed E-state index contributed by atoms with van der Waals surface area (Å²) in [6.45, 7) is 0. The molecule has 0 fully saturated rings. The van der Waals surface area contributed by atoms with Crippen LogP contribution in [0.5, 0.6) is 0 Å². The van der Waals surface area contributed by atoms with Crippen LogP contribution < -0.4 is 0 Å². The summed E-state index contributed by atoms with van der Waals surface area (Å²) in [7, 11) is 0. The number of rotatable bonds is 5. The molecule has 9 rings (SSSR count). The van der Waals surface area contributed by atoms with Gasteiger partial charge in [0.15, 0.2) is 17.5 Å². The summed E-state index contributed by atoms with van der Waals surface area (Å²) in [5, 5.41) is 7.65. The molecule has 0 aliphatic heterocycles. The minimum absolute atomic E-state index is 0.645. The maximum absolute atomic E-state index is 5.02. The Morgan fingerprint density at radius 1 is 0.208 bits per heavy atom. The van der Waals surface area contributed by atoms with Gasteiger partial charge in [0.05, 0.1) is 0 Å². The lowest BCUT2D eigenvalue weighted by Crippen LogP contribution is -2.00. The maximum atomic E-state index is 5.02. The van der Waals surface area contributed by atoms with E-state index in [0.717, 1.165) is 33.4 Å². The van der Waals surface area contributed by atoms with Gasteiger partial charge < -0.3 is 0 Å². The zero-order chi connectivity index (χ0) is 31.9. The van der Waals surface area contributed by atoms with E-state index in [1.165, 1.54) is 37.9 Å². The van der Waals surface area contributed by atoms with E-state index in [-0.39, 0.29) is 0 Å². The Kier molecular flexibility index (Phi) is 6.80. The Bertz CT molecular complexity index is 2560. The molecule has 0 aliphatic carbocycles. The number of hydrogen-bond acceptors (Lipinski definition) is 3. The van der Waals surface area contributed by atoms with E-state index < -0.39 is 0 Å². The lowest BCUT2D eigenvalue weighted by molar-refractivity contribution is 1.07. The van der Waals surface area contributed by atoms with Crippen molar-refractivity contribution < 1.29 is 0 Å². The molecule has 0 spiro atoms. The third-order valence-electron chi connectivity index (χ3n) is 9.12. The van der Waals surface area contributed by atoms with Crippen LogP contribution in [-0.4, -0.2) is 15.0 Å². The summed E-state index contributed by atoms with van der Waals surface area (Å²) in [6, 6.07) is 61.7. The van der Waals surface area contributed by atoms with Crippen LogP contribution in [0, 0.1) is 0 Å². The van der Waals surface area contributed by atoms with E-state index >= 15 is 0 Å². The van der Waals surface area contributed by atoms with Crippen LogP contribution in [0.4, 0.5) is 0 Å². The molecular formula is C45H29N3. The van der Waals surface area contributed by atoms with Crippen molar-refractivity contribution in [3.63, 3.8) is 0 Å². The Hall–Kier alpha value is -6.45. The van der Waals surface area contributed by atoms with Crippen LogP contribution in [0.3, 0.4) is 0 Å². The van der Waals surface area contributed by atoms with Crippen molar-refractivity contribution in [2.75, 3.05) is 0 Å². The fraction of sp³-hybridized carbons (Fsp3) is 0. The number of fused-ring (bicyclic) bond motifs is 6. The number of aromatic nitrogens is 3. The van der Waals surface area contributed by atoms with Gasteiger partial charge >= 0.3 is 0 Å². The van der Waals surface area contributed by atoms with Crippen molar-refractivity contribution in [1.82, 2.24) is 15.0 Å². The summed E-state index contributed by atoms with van der Waals surface area (Å²) >= 11 is 0. The predicted octanol–water partition coefficient (Wildman–Crippen LogP) is 11.7. The molecule has 0 saturated carbocycles. The molecule has 0 atom stereocenters. The first kappa shape index (κ1) is 27.8. The molecule has 0 amide bonds. The van der Waals surface area contributed by atoms with E-state index in [9.17, 15) is 0 Å². The second kappa shape index (κ2) is 11.7. The van der Waals surface area contributed by atoms with Gasteiger partial charge in [-0.1, -0.05) is 164 Å². The summed E-state index contributed by atoms with van der Waals surface area (Å²) < 4.78 is 0. The van der Waals surface area contributed by atoms with E-state index in [1.807, 2.05) is 36.4 Å². The molecule has 0 saturated heterocycles. The van der Waals surface area contributed by atoms with Gasteiger partial charge in [-0.25, -0.2) is 15.0 Å². The normalized spacial score (nSPS) is 11.3. The minimum Gasteiger partial charge on any atom is -0.208 e. The molecule has 3 heteroatoms. The van der Waals surface area contributed by atoms with Crippen LogP contribution in [0.2, 0.25) is 0 Å². The molecule has 0 radical (unpaired) electrons. The average Bonchev–Trinajstić information content (AvgIpc) is 3.18. The van der Waals surface area contributed by atoms with Gasteiger partial charge in [0, 0.05) is 16.7 Å². The lowest BCUT2D eigenvalue weighted by atomic mass is 9.92. The standard InChI is InChI=1S/C45H29N3/c1-3-12-30(13-4-1)34-16-11-17-36(28-34)45-47-43(32-14-5-2-6-15-32)46-44(48-45)33-24-22-31(23-25-33)35-26-27-41-39-20-8-7-18-37(39)38-19-9-10-21-40(38)42(41)29-35/h1-29H. The Balaban J connectivity index is 1.14. The minimum atomic E-state index is 0.645. The number of benzene rings is 8. The predicted molar refractivity (Wildman–Crippen MR) is 200 cm³/mol. The fourth-order valence-electron chi connectivity index (χ4n) is 6.72. The summed E-state index contributed by atoms with van der Waals surface area (Å²) in [5.74, 6) is 1.94. The number of nitrogens with zero attached hydrogens (tertiary/aromatic N) is 3. The fourth-order valence-corrected chi connectivity index (χ4v) is 6.72. The SMILES string of the molecule is c1ccc(-c2cccc(-c3nc(-c4ccccc4)nc(-c4ccc(-c5ccc6c7ccccc7c7ccccc7c6c5)cc4)n3)c2)cc1. The van der Waals surface area contributed by atoms with Gasteiger partial charge in [0.25, 0.3) is 0 Å². The van der Waals surface area contributed by atoms with Crippen LogP contribution in [-0.2, 0) is 0 Å². The highest BCUT2D eigenvalue weighted by atomic mass is 15.0. The van der Waals surface area contributed by atoms with Crippen molar-refractivity contribution in [3.8, 4) is 56.4 Å². The van der Waals surface area contributed by atoms with Gasteiger partial charge in [-0.2, -0.15) is 0 Å². The third-order valence-corrected chi connectivity index (χ3v) is 9.12. The maximum Gasteiger partial charge on any atom is 0.164 e. The van der Waals surface area contributed by atoms with E-state index in [0.29, 0.717) is 17.5 Å². The smallest absolute Gasteiger partial charge is 0.164 e. The van der Waals surface area contributed by atoms with Crippen molar-refractivity contribution >= 4 is 32.3 Å². The van der Waals surface area contributed by atoms with E-state index in [4.69, 9.17) is 15.0 Å². The monoisotopic (exact) mass is 611 g/mol. The van der Waals surface area contributed by atoms with Crippen LogP contribution in [0.1, 0.15) is 0 Å². The Labute approximate surface area is 278 Å². The van der Waals surface area contributed by atoms with Gasteiger partial charge in [0.1, 0.15) is 0 Å².